The average molecular weight is 431 g/mol. The summed E-state index contributed by atoms with van der Waals surface area (Å²) >= 11 is 5.95. The third-order valence-corrected chi connectivity index (χ3v) is 5.97. The van der Waals surface area contributed by atoms with Crippen LogP contribution in [0.1, 0.15) is 42.7 Å². The topological polar surface area (TPSA) is 95.7 Å². The van der Waals surface area contributed by atoms with Crippen LogP contribution in [0.4, 0.5) is 0 Å². The summed E-state index contributed by atoms with van der Waals surface area (Å²) in [5.74, 6) is -1.60. The fraction of sp³-hybridized carbons (Fsp3) is 0.429. The van der Waals surface area contributed by atoms with Gasteiger partial charge in [0, 0.05) is 23.7 Å². The highest BCUT2D eigenvalue weighted by molar-refractivity contribution is 6.30. The second-order valence-electron chi connectivity index (χ2n) is 7.84. The number of hydrogen-bond acceptors (Lipinski definition) is 4. The summed E-state index contributed by atoms with van der Waals surface area (Å²) in [4.78, 5) is 40.3. The third kappa shape index (κ3) is 3.79. The molecule has 1 fully saturated rings. The van der Waals surface area contributed by atoms with Crippen molar-refractivity contribution < 1.29 is 19.5 Å². The van der Waals surface area contributed by atoms with Crippen molar-refractivity contribution in [2.75, 3.05) is 19.6 Å². The number of hydrogen-bond donors (Lipinski definition) is 1. The van der Waals surface area contributed by atoms with Gasteiger partial charge in [-0.3, -0.25) is 14.3 Å². The summed E-state index contributed by atoms with van der Waals surface area (Å²) < 4.78 is 1.69. The van der Waals surface area contributed by atoms with Gasteiger partial charge in [-0.2, -0.15) is 5.10 Å². The quantitative estimate of drug-likeness (QED) is 0.804. The maximum atomic E-state index is 13.1. The average Bonchev–Trinajstić information content (AvgIpc) is 3.18. The molecule has 8 nitrogen and oxygen atoms in total. The first kappa shape index (κ1) is 20.4. The normalized spacial score (nSPS) is 21.5. The molecule has 1 aromatic heterocycles. The minimum absolute atomic E-state index is 0.108. The second kappa shape index (κ2) is 8.10. The van der Waals surface area contributed by atoms with Gasteiger partial charge in [-0.25, -0.2) is 4.79 Å². The van der Waals surface area contributed by atoms with Gasteiger partial charge < -0.3 is 14.9 Å². The molecule has 1 saturated heterocycles. The number of carbonyl (C=O) groups excluding carboxylic acids is 2. The monoisotopic (exact) mass is 430 g/mol. The third-order valence-electron chi connectivity index (χ3n) is 5.72. The van der Waals surface area contributed by atoms with E-state index in [1.54, 1.807) is 22.9 Å². The lowest BCUT2D eigenvalue weighted by Gasteiger charge is -2.36. The molecular weight excluding hydrogens is 408 g/mol. The molecule has 2 aromatic rings. The molecule has 0 spiro atoms. The Labute approximate surface area is 179 Å². The predicted molar refractivity (Wildman–Crippen MR) is 110 cm³/mol. The van der Waals surface area contributed by atoms with E-state index in [2.05, 4.69) is 5.10 Å². The number of aliphatic carboxylic acids is 1. The van der Waals surface area contributed by atoms with Crippen LogP contribution in [0.2, 0.25) is 5.02 Å². The summed E-state index contributed by atoms with van der Waals surface area (Å²) in [5, 5.41) is 14.6. The molecule has 0 bridgehead atoms. The van der Waals surface area contributed by atoms with E-state index in [0.29, 0.717) is 35.9 Å². The van der Waals surface area contributed by atoms with E-state index in [4.69, 9.17) is 11.6 Å². The Morgan fingerprint density at radius 2 is 1.97 bits per heavy atom. The fourth-order valence-electron chi connectivity index (χ4n) is 4.17. The smallest absolute Gasteiger partial charge is 0.326 e. The lowest BCUT2D eigenvalue weighted by Crippen LogP contribution is -2.53. The first-order valence-electron chi connectivity index (χ1n) is 10.0. The minimum Gasteiger partial charge on any atom is -0.480 e. The van der Waals surface area contributed by atoms with E-state index in [1.807, 2.05) is 19.1 Å². The van der Waals surface area contributed by atoms with E-state index < -0.39 is 12.0 Å². The van der Waals surface area contributed by atoms with Crippen LogP contribution in [-0.4, -0.2) is 68.1 Å². The second-order valence-corrected chi connectivity index (χ2v) is 8.27. The number of piperidine rings is 1. The first-order chi connectivity index (χ1) is 14.3. The zero-order valence-electron chi connectivity index (χ0n) is 16.6. The minimum atomic E-state index is -0.993. The molecule has 2 aliphatic rings. The van der Waals surface area contributed by atoms with E-state index in [1.165, 1.54) is 9.80 Å². The van der Waals surface area contributed by atoms with Gasteiger partial charge in [-0.15, -0.1) is 0 Å². The molecule has 2 amide bonds. The van der Waals surface area contributed by atoms with Crippen LogP contribution in [0.3, 0.4) is 0 Å². The SMILES string of the molecule is C[C@H]1CN(CC(=O)N2CCCCC2C(=O)O)C(=O)c2cc(-c3ccc(Cl)cc3)nn21. The number of amides is 2. The summed E-state index contributed by atoms with van der Waals surface area (Å²) in [6, 6.07) is 8.02. The molecule has 158 valence electrons. The van der Waals surface area contributed by atoms with Crippen LogP contribution in [0.15, 0.2) is 30.3 Å². The molecule has 30 heavy (non-hydrogen) atoms. The van der Waals surface area contributed by atoms with Crippen LogP contribution in [-0.2, 0) is 9.59 Å². The molecule has 1 N–H and O–H groups in total. The van der Waals surface area contributed by atoms with Crippen molar-refractivity contribution in [3.63, 3.8) is 0 Å². The number of likely N-dealkylation sites (tertiary alicyclic amines) is 1. The van der Waals surface area contributed by atoms with E-state index in [9.17, 15) is 19.5 Å². The summed E-state index contributed by atoms with van der Waals surface area (Å²) in [5.41, 5.74) is 1.93. The van der Waals surface area contributed by atoms with Gasteiger partial charge in [0.05, 0.1) is 11.7 Å². The predicted octanol–water partition coefficient (Wildman–Crippen LogP) is 2.69. The number of carbonyl (C=O) groups is 3. The van der Waals surface area contributed by atoms with Gasteiger partial charge in [-0.1, -0.05) is 23.7 Å². The molecule has 9 heteroatoms. The van der Waals surface area contributed by atoms with Crippen LogP contribution in [0, 0.1) is 0 Å². The number of fused-ring (bicyclic) bond motifs is 1. The van der Waals surface area contributed by atoms with Crippen molar-refractivity contribution in [3.8, 4) is 11.3 Å². The maximum Gasteiger partial charge on any atom is 0.326 e. The van der Waals surface area contributed by atoms with Crippen molar-refractivity contribution in [1.82, 2.24) is 19.6 Å². The Morgan fingerprint density at radius 1 is 1.23 bits per heavy atom. The number of aromatic nitrogens is 2. The fourth-order valence-corrected chi connectivity index (χ4v) is 4.30. The Kier molecular flexibility index (Phi) is 5.51. The Bertz CT molecular complexity index is 987. The van der Waals surface area contributed by atoms with Crippen molar-refractivity contribution in [2.45, 2.75) is 38.3 Å². The van der Waals surface area contributed by atoms with Gasteiger partial charge >= 0.3 is 5.97 Å². The lowest BCUT2D eigenvalue weighted by atomic mass is 10.0. The van der Waals surface area contributed by atoms with Crippen molar-refractivity contribution in [3.05, 3.63) is 41.0 Å². The highest BCUT2D eigenvalue weighted by Gasteiger charge is 2.36. The number of benzene rings is 1. The number of halogens is 1. The number of rotatable bonds is 4. The Balaban J connectivity index is 1.54. The van der Waals surface area contributed by atoms with Crippen LogP contribution >= 0.6 is 11.6 Å². The number of nitrogens with zero attached hydrogens (tertiary/aromatic N) is 4. The molecular formula is C21H23ClN4O4. The van der Waals surface area contributed by atoms with Crippen molar-refractivity contribution in [1.29, 1.82) is 0 Å². The highest BCUT2D eigenvalue weighted by Crippen LogP contribution is 2.27. The van der Waals surface area contributed by atoms with Crippen LogP contribution < -0.4 is 0 Å². The van der Waals surface area contributed by atoms with Gasteiger partial charge in [0.2, 0.25) is 5.91 Å². The van der Waals surface area contributed by atoms with E-state index in [-0.39, 0.29) is 24.4 Å². The van der Waals surface area contributed by atoms with Gasteiger partial charge in [0.15, 0.2) is 0 Å². The molecule has 0 radical (unpaired) electrons. The van der Waals surface area contributed by atoms with Crippen molar-refractivity contribution >= 4 is 29.4 Å². The zero-order chi connectivity index (χ0) is 21.4. The molecule has 0 saturated carbocycles. The van der Waals surface area contributed by atoms with E-state index in [0.717, 1.165) is 18.4 Å². The lowest BCUT2D eigenvalue weighted by molar-refractivity contribution is -0.152. The Hall–Kier alpha value is -2.87. The molecule has 1 unspecified atom stereocenters. The van der Waals surface area contributed by atoms with Gasteiger partial charge in [0.1, 0.15) is 18.3 Å². The summed E-state index contributed by atoms with van der Waals surface area (Å²) in [7, 11) is 0. The van der Waals surface area contributed by atoms with Gasteiger partial charge in [-0.05, 0) is 44.4 Å². The van der Waals surface area contributed by atoms with Crippen LogP contribution in [0.5, 0.6) is 0 Å². The zero-order valence-corrected chi connectivity index (χ0v) is 17.4. The molecule has 3 heterocycles. The maximum absolute atomic E-state index is 13.1. The summed E-state index contributed by atoms with van der Waals surface area (Å²) in [6.07, 6.45) is 2.01. The standard InChI is InChI=1S/C21H23ClN4O4/c1-13-11-24(12-19(27)25-9-3-2-4-17(25)21(29)30)20(28)18-10-16(23-26(13)18)14-5-7-15(22)8-6-14/h5-8,10,13,17H,2-4,9,11-12H2,1H3,(H,29,30)/t13-,17?/m0/s1. The largest absolute Gasteiger partial charge is 0.480 e. The van der Waals surface area contributed by atoms with Crippen molar-refractivity contribution in [2.24, 2.45) is 0 Å². The van der Waals surface area contributed by atoms with Crippen LogP contribution in [0.25, 0.3) is 11.3 Å². The van der Waals surface area contributed by atoms with Gasteiger partial charge in [0.25, 0.3) is 5.91 Å². The molecule has 2 atom stereocenters. The molecule has 0 aliphatic carbocycles. The molecule has 2 aliphatic heterocycles. The number of carboxylic acid groups (broad SMARTS) is 1. The molecule has 1 aromatic carbocycles. The highest BCUT2D eigenvalue weighted by atomic mass is 35.5. The Morgan fingerprint density at radius 3 is 2.67 bits per heavy atom. The summed E-state index contributed by atoms with van der Waals surface area (Å²) in [6.45, 7) is 2.55. The van der Waals surface area contributed by atoms with E-state index >= 15 is 0 Å². The molecule has 4 rings (SSSR count). The first-order valence-corrected chi connectivity index (χ1v) is 10.4. The number of carboxylic acids is 1.